The van der Waals surface area contributed by atoms with Crippen molar-refractivity contribution in [2.24, 2.45) is 0 Å². The van der Waals surface area contributed by atoms with Gasteiger partial charge in [0.05, 0.1) is 12.8 Å². The molecule has 0 saturated heterocycles. The monoisotopic (exact) mass is 257 g/mol. The number of nitrogens with one attached hydrogen (secondary N) is 1. The number of furan rings is 1. The zero-order valence-corrected chi connectivity index (χ0v) is 9.20. The fourth-order valence-corrected chi connectivity index (χ4v) is 1.41. The molecule has 1 N–H and O–H groups in total. The van der Waals surface area contributed by atoms with Gasteiger partial charge >= 0.3 is 6.36 Å². The van der Waals surface area contributed by atoms with E-state index in [1.54, 1.807) is 18.2 Å². The number of alkyl halides is 3. The highest BCUT2D eigenvalue weighted by atomic mass is 19.4. The lowest BCUT2D eigenvalue weighted by atomic mass is 10.3. The van der Waals surface area contributed by atoms with Gasteiger partial charge in [0.1, 0.15) is 11.5 Å². The van der Waals surface area contributed by atoms with Crippen LogP contribution in [0.5, 0.6) is 5.75 Å². The van der Waals surface area contributed by atoms with E-state index in [2.05, 4.69) is 10.1 Å². The Labute approximate surface area is 101 Å². The van der Waals surface area contributed by atoms with Gasteiger partial charge in [0, 0.05) is 11.8 Å². The number of hydrogen-bond acceptors (Lipinski definition) is 3. The third kappa shape index (κ3) is 3.73. The summed E-state index contributed by atoms with van der Waals surface area (Å²) in [6, 6.07) is 9.14. The molecule has 0 aliphatic carbocycles. The van der Waals surface area contributed by atoms with Gasteiger partial charge in [-0.2, -0.15) is 0 Å². The zero-order valence-electron chi connectivity index (χ0n) is 9.20. The summed E-state index contributed by atoms with van der Waals surface area (Å²) in [5.74, 6) is 0.434. The maximum absolute atomic E-state index is 12.0. The summed E-state index contributed by atoms with van der Waals surface area (Å²) in [7, 11) is 0. The van der Waals surface area contributed by atoms with Crippen molar-refractivity contribution in [2.45, 2.75) is 12.9 Å². The fraction of sp³-hybridized carbons (Fsp3) is 0.167. The molecule has 0 unspecified atom stereocenters. The van der Waals surface area contributed by atoms with Crippen LogP contribution in [0, 0.1) is 0 Å². The number of anilines is 1. The first-order valence-electron chi connectivity index (χ1n) is 5.15. The minimum atomic E-state index is -4.68. The lowest BCUT2D eigenvalue weighted by Gasteiger charge is -2.10. The Balaban J connectivity index is 1.99. The Hall–Kier alpha value is -2.11. The molecule has 0 amide bonds. The predicted molar refractivity (Wildman–Crippen MR) is 59.2 cm³/mol. The van der Waals surface area contributed by atoms with E-state index in [1.165, 1.54) is 24.5 Å². The van der Waals surface area contributed by atoms with Crippen LogP contribution in [0.25, 0.3) is 0 Å². The smallest absolute Gasteiger partial charge is 0.467 e. The number of ether oxygens (including phenoxy) is 1. The maximum Gasteiger partial charge on any atom is 0.573 e. The van der Waals surface area contributed by atoms with Gasteiger partial charge in [0.15, 0.2) is 0 Å². The second-order valence-electron chi connectivity index (χ2n) is 3.51. The Bertz CT molecular complexity index is 494. The first-order chi connectivity index (χ1) is 8.53. The first-order valence-corrected chi connectivity index (χ1v) is 5.15. The standard InChI is InChI=1S/C12H10F3NO2/c13-12(14,15)18-10-4-1-3-9(7-10)16-8-11-5-2-6-17-11/h1-7,16H,8H2. The Morgan fingerprint density at radius 3 is 2.67 bits per heavy atom. The molecule has 2 aromatic rings. The molecule has 1 aromatic carbocycles. The van der Waals surface area contributed by atoms with Crippen molar-refractivity contribution in [2.75, 3.05) is 5.32 Å². The van der Waals surface area contributed by atoms with Crippen molar-refractivity contribution in [3.05, 3.63) is 48.4 Å². The van der Waals surface area contributed by atoms with Gasteiger partial charge < -0.3 is 14.5 Å². The second kappa shape index (κ2) is 5.03. The highest BCUT2D eigenvalue weighted by Gasteiger charge is 2.31. The van der Waals surface area contributed by atoms with Crippen LogP contribution < -0.4 is 10.1 Å². The molecule has 0 radical (unpaired) electrons. The summed E-state index contributed by atoms with van der Waals surface area (Å²) < 4.78 is 45.0. The van der Waals surface area contributed by atoms with E-state index in [4.69, 9.17) is 4.42 Å². The predicted octanol–water partition coefficient (Wildman–Crippen LogP) is 3.79. The second-order valence-corrected chi connectivity index (χ2v) is 3.51. The Morgan fingerprint density at radius 2 is 2.00 bits per heavy atom. The van der Waals surface area contributed by atoms with Crippen LogP contribution in [0.15, 0.2) is 47.1 Å². The minimum Gasteiger partial charge on any atom is -0.467 e. The molecule has 0 aliphatic rings. The van der Waals surface area contributed by atoms with Gasteiger partial charge in [-0.15, -0.1) is 13.2 Å². The molecular formula is C12H10F3NO2. The van der Waals surface area contributed by atoms with E-state index in [0.29, 0.717) is 18.0 Å². The molecule has 0 saturated carbocycles. The van der Waals surface area contributed by atoms with E-state index in [-0.39, 0.29) is 5.75 Å². The molecular weight excluding hydrogens is 247 g/mol. The molecule has 96 valence electrons. The van der Waals surface area contributed by atoms with Gasteiger partial charge in [0.2, 0.25) is 0 Å². The molecule has 18 heavy (non-hydrogen) atoms. The molecule has 1 heterocycles. The molecule has 0 bridgehead atoms. The lowest BCUT2D eigenvalue weighted by molar-refractivity contribution is -0.274. The SMILES string of the molecule is FC(F)(F)Oc1cccc(NCc2ccco2)c1. The van der Waals surface area contributed by atoms with Crippen LogP contribution in [-0.4, -0.2) is 6.36 Å². The van der Waals surface area contributed by atoms with Crippen LogP contribution in [0.1, 0.15) is 5.76 Å². The van der Waals surface area contributed by atoms with E-state index in [0.717, 1.165) is 0 Å². The molecule has 0 fully saturated rings. The van der Waals surface area contributed by atoms with Crippen molar-refractivity contribution in [1.29, 1.82) is 0 Å². The first kappa shape index (κ1) is 12.3. The van der Waals surface area contributed by atoms with E-state index in [1.807, 2.05) is 0 Å². The summed E-state index contributed by atoms with van der Waals surface area (Å²) in [4.78, 5) is 0. The Kier molecular flexibility index (Phi) is 3.45. The zero-order chi connectivity index (χ0) is 13.0. The van der Waals surface area contributed by atoms with Gasteiger partial charge in [-0.25, -0.2) is 0 Å². The molecule has 6 heteroatoms. The number of halogens is 3. The number of rotatable bonds is 4. The normalized spacial score (nSPS) is 11.3. The average molecular weight is 257 g/mol. The van der Waals surface area contributed by atoms with Crippen molar-refractivity contribution >= 4 is 5.69 Å². The van der Waals surface area contributed by atoms with Crippen LogP contribution in [0.2, 0.25) is 0 Å². The fourth-order valence-electron chi connectivity index (χ4n) is 1.41. The largest absolute Gasteiger partial charge is 0.573 e. The van der Waals surface area contributed by atoms with E-state index < -0.39 is 6.36 Å². The van der Waals surface area contributed by atoms with Gasteiger partial charge in [-0.3, -0.25) is 0 Å². The van der Waals surface area contributed by atoms with Crippen molar-refractivity contribution in [3.8, 4) is 5.75 Å². The highest BCUT2D eigenvalue weighted by Crippen LogP contribution is 2.25. The molecule has 2 rings (SSSR count). The highest BCUT2D eigenvalue weighted by molar-refractivity contribution is 5.48. The topological polar surface area (TPSA) is 34.4 Å². The van der Waals surface area contributed by atoms with Crippen LogP contribution in [0.4, 0.5) is 18.9 Å². The summed E-state index contributed by atoms with van der Waals surface area (Å²) >= 11 is 0. The van der Waals surface area contributed by atoms with Gasteiger partial charge in [-0.05, 0) is 24.3 Å². The number of benzene rings is 1. The third-order valence-corrected chi connectivity index (χ3v) is 2.11. The third-order valence-electron chi connectivity index (χ3n) is 2.11. The Morgan fingerprint density at radius 1 is 1.17 bits per heavy atom. The minimum absolute atomic E-state index is 0.257. The number of hydrogen-bond donors (Lipinski definition) is 1. The summed E-state index contributed by atoms with van der Waals surface area (Å²) in [6.45, 7) is 0.391. The molecule has 0 atom stereocenters. The molecule has 1 aromatic heterocycles. The summed E-state index contributed by atoms with van der Waals surface area (Å²) in [5.41, 5.74) is 0.521. The molecule has 0 spiro atoms. The van der Waals surface area contributed by atoms with Crippen molar-refractivity contribution < 1.29 is 22.3 Å². The van der Waals surface area contributed by atoms with Crippen molar-refractivity contribution in [1.82, 2.24) is 0 Å². The van der Waals surface area contributed by atoms with Crippen LogP contribution in [0.3, 0.4) is 0 Å². The maximum atomic E-state index is 12.0. The van der Waals surface area contributed by atoms with E-state index in [9.17, 15) is 13.2 Å². The van der Waals surface area contributed by atoms with Gasteiger partial charge in [0.25, 0.3) is 0 Å². The summed E-state index contributed by atoms with van der Waals surface area (Å²) in [6.07, 6.45) is -3.15. The van der Waals surface area contributed by atoms with Gasteiger partial charge in [-0.1, -0.05) is 6.07 Å². The van der Waals surface area contributed by atoms with Crippen LogP contribution >= 0.6 is 0 Å². The van der Waals surface area contributed by atoms with E-state index >= 15 is 0 Å². The quantitative estimate of drug-likeness (QED) is 0.904. The summed E-state index contributed by atoms with van der Waals surface area (Å²) in [5, 5.41) is 2.93. The molecule has 0 aliphatic heterocycles. The average Bonchev–Trinajstić information content (AvgIpc) is 2.77. The molecule has 3 nitrogen and oxygen atoms in total. The lowest BCUT2D eigenvalue weighted by Crippen LogP contribution is -2.17. The van der Waals surface area contributed by atoms with Crippen molar-refractivity contribution in [3.63, 3.8) is 0 Å². The van der Waals surface area contributed by atoms with Crippen LogP contribution in [-0.2, 0) is 6.54 Å².